The third-order valence-corrected chi connectivity index (χ3v) is 2.33. The second kappa shape index (κ2) is 5.46. The Bertz CT molecular complexity index is 408. The van der Waals surface area contributed by atoms with Gasteiger partial charge in [0.05, 0.1) is 12.0 Å². The van der Waals surface area contributed by atoms with Crippen LogP contribution in [-0.2, 0) is 16.0 Å². The highest BCUT2D eigenvalue weighted by Gasteiger charge is 2.17. The third kappa shape index (κ3) is 3.20. The number of esters is 1. The minimum absolute atomic E-state index is 0.0220. The molecular formula is C10H10ClNO4. The summed E-state index contributed by atoms with van der Waals surface area (Å²) >= 11 is 5.75. The summed E-state index contributed by atoms with van der Waals surface area (Å²) < 4.78 is 4.46. The molecule has 0 spiro atoms. The molecule has 0 bridgehead atoms. The Morgan fingerprint density at radius 2 is 2.31 bits per heavy atom. The van der Waals surface area contributed by atoms with Crippen molar-refractivity contribution in [1.82, 2.24) is 0 Å². The number of hydrogen-bond donors (Lipinski definition) is 0. The number of nitro benzene ring substituents is 1. The van der Waals surface area contributed by atoms with E-state index in [0.717, 1.165) is 0 Å². The fraction of sp³-hybridized carbons (Fsp3) is 0.300. The van der Waals surface area contributed by atoms with Crippen molar-refractivity contribution >= 4 is 23.3 Å². The molecule has 0 heterocycles. The lowest BCUT2D eigenvalue weighted by Gasteiger charge is -2.06. The molecule has 1 aromatic carbocycles. The van der Waals surface area contributed by atoms with E-state index in [0.29, 0.717) is 5.56 Å². The van der Waals surface area contributed by atoms with E-state index in [4.69, 9.17) is 11.6 Å². The maximum Gasteiger partial charge on any atom is 0.324 e. The van der Waals surface area contributed by atoms with E-state index in [-0.39, 0.29) is 12.1 Å². The first-order valence-electron chi connectivity index (χ1n) is 4.50. The van der Waals surface area contributed by atoms with Crippen LogP contribution in [0.15, 0.2) is 24.3 Å². The molecule has 0 amide bonds. The standard InChI is InChI=1S/C10H10ClNO4/c1-16-10(13)9(11)6-7-3-2-4-8(5-7)12(14)15/h2-5,9H,6H2,1H3/t9-/m0/s1. The molecule has 0 aromatic heterocycles. The van der Waals surface area contributed by atoms with Gasteiger partial charge in [0.2, 0.25) is 0 Å². The number of nitrogens with zero attached hydrogens (tertiary/aromatic N) is 1. The van der Waals surface area contributed by atoms with E-state index in [1.807, 2.05) is 0 Å². The summed E-state index contributed by atoms with van der Waals surface area (Å²) in [7, 11) is 1.24. The number of halogens is 1. The first-order chi connectivity index (χ1) is 7.54. The molecule has 0 aliphatic heterocycles. The largest absolute Gasteiger partial charge is 0.468 e. The molecule has 0 saturated heterocycles. The summed E-state index contributed by atoms with van der Waals surface area (Å²) in [6, 6.07) is 5.99. The van der Waals surface area contributed by atoms with Gasteiger partial charge in [-0.05, 0) is 12.0 Å². The first-order valence-corrected chi connectivity index (χ1v) is 4.93. The van der Waals surface area contributed by atoms with Crippen molar-refractivity contribution in [3.63, 3.8) is 0 Å². The topological polar surface area (TPSA) is 69.4 Å². The van der Waals surface area contributed by atoms with Gasteiger partial charge in [0.25, 0.3) is 5.69 Å². The van der Waals surface area contributed by atoms with Gasteiger partial charge in [-0.25, -0.2) is 0 Å². The molecule has 0 radical (unpaired) electrons. The zero-order chi connectivity index (χ0) is 12.1. The SMILES string of the molecule is COC(=O)[C@@H](Cl)Cc1cccc([N+](=O)[O-])c1. The molecule has 16 heavy (non-hydrogen) atoms. The Balaban J connectivity index is 2.78. The number of methoxy groups -OCH3 is 1. The Morgan fingerprint density at radius 3 is 2.88 bits per heavy atom. The quantitative estimate of drug-likeness (QED) is 0.351. The number of rotatable bonds is 4. The summed E-state index contributed by atoms with van der Waals surface area (Å²) in [5.41, 5.74) is 0.603. The lowest BCUT2D eigenvalue weighted by molar-refractivity contribution is -0.384. The number of carbonyl (C=O) groups is 1. The maximum absolute atomic E-state index is 11.0. The first kappa shape index (κ1) is 12.4. The van der Waals surface area contributed by atoms with E-state index >= 15 is 0 Å². The Labute approximate surface area is 97.1 Å². The van der Waals surface area contributed by atoms with Crippen LogP contribution in [0.2, 0.25) is 0 Å². The molecule has 86 valence electrons. The average molecular weight is 244 g/mol. The molecule has 0 fully saturated rings. The van der Waals surface area contributed by atoms with Crippen molar-refractivity contribution in [3.8, 4) is 0 Å². The molecule has 0 aliphatic rings. The second-order valence-corrected chi connectivity index (χ2v) is 3.65. The van der Waals surface area contributed by atoms with Crippen molar-refractivity contribution in [2.75, 3.05) is 7.11 Å². The number of carbonyl (C=O) groups excluding carboxylic acids is 1. The molecule has 6 heteroatoms. The maximum atomic E-state index is 11.0. The summed E-state index contributed by atoms with van der Waals surface area (Å²) in [5, 5.41) is 9.68. The number of ether oxygens (including phenoxy) is 1. The summed E-state index contributed by atoms with van der Waals surface area (Å²) in [5.74, 6) is -0.548. The highest BCUT2D eigenvalue weighted by atomic mass is 35.5. The molecule has 1 atom stereocenters. The number of hydrogen-bond acceptors (Lipinski definition) is 4. The van der Waals surface area contributed by atoms with Crippen molar-refractivity contribution in [1.29, 1.82) is 0 Å². The molecule has 0 unspecified atom stereocenters. The molecule has 1 aromatic rings. The molecule has 5 nitrogen and oxygen atoms in total. The normalized spacial score (nSPS) is 11.9. The van der Waals surface area contributed by atoms with Crippen LogP contribution in [0, 0.1) is 10.1 Å². The van der Waals surface area contributed by atoms with Gasteiger partial charge in [0, 0.05) is 12.1 Å². The average Bonchev–Trinajstić information content (AvgIpc) is 2.28. The van der Waals surface area contributed by atoms with Gasteiger partial charge >= 0.3 is 5.97 Å². The molecule has 0 N–H and O–H groups in total. The number of benzene rings is 1. The van der Waals surface area contributed by atoms with E-state index in [1.54, 1.807) is 12.1 Å². The summed E-state index contributed by atoms with van der Waals surface area (Å²) in [6.45, 7) is 0. The lowest BCUT2D eigenvalue weighted by Crippen LogP contribution is -2.18. The Kier molecular flexibility index (Phi) is 4.25. The van der Waals surface area contributed by atoms with Gasteiger partial charge in [0.15, 0.2) is 0 Å². The number of nitro groups is 1. The van der Waals surface area contributed by atoms with E-state index in [9.17, 15) is 14.9 Å². The summed E-state index contributed by atoms with van der Waals surface area (Å²) in [4.78, 5) is 21.1. The lowest BCUT2D eigenvalue weighted by atomic mass is 10.1. The number of alkyl halides is 1. The van der Waals surface area contributed by atoms with Crippen molar-refractivity contribution in [2.45, 2.75) is 11.8 Å². The van der Waals surface area contributed by atoms with E-state index in [1.165, 1.54) is 19.2 Å². The molecule has 1 rings (SSSR count). The fourth-order valence-electron chi connectivity index (χ4n) is 1.22. The molecular weight excluding hydrogens is 234 g/mol. The Morgan fingerprint density at radius 1 is 1.62 bits per heavy atom. The molecule has 0 aliphatic carbocycles. The Hall–Kier alpha value is -1.62. The third-order valence-electron chi connectivity index (χ3n) is 1.99. The highest BCUT2D eigenvalue weighted by molar-refractivity contribution is 6.30. The highest BCUT2D eigenvalue weighted by Crippen LogP contribution is 2.16. The summed E-state index contributed by atoms with van der Waals surface area (Å²) in [6.07, 6.45) is 0.204. The van der Waals surface area contributed by atoms with E-state index < -0.39 is 16.3 Å². The predicted octanol–water partition coefficient (Wildman–Crippen LogP) is 1.92. The van der Waals surface area contributed by atoms with Crippen LogP contribution in [0.3, 0.4) is 0 Å². The van der Waals surface area contributed by atoms with Crippen LogP contribution in [0.25, 0.3) is 0 Å². The van der Waals surface area contributed by atoms with Crippen LogP contribution in [-0.4, -0.2) is 23.4 Å². The van der Waals surface area contributed by atoms with Gasteiger partial charge in [-0.15, -0.1) is 11.6 Å². The van der Waals surface area contributed by atoms with Crippen LogP contribution in [0.1, 0.15) is 5.56 Å². The minimum Gasteiger partial charge on any atom is -0.468 e. The van der Waals surface area contributed by atoms with Crippen LogP contribution < -0.4 is 0 Å². The van der Waals surface area contributed by atoms with Gasteiger partial charge in [0.1, 0.15) is 5.38 Å². The zero-order valence-electron chi connectivity index (χ0n) is 8.55. The van der Waals surface area contributed by atoms with Crippen LogP contribution >= 0.6 is 11.6 Å². The number of non-ortho nitro benzene ring substituents is 1. The molecule has 0 saturated carbocycles. The fourth-order valence-corrected chi connectivity index (χ4v) is 1.48. The van der Waals surface area contributed by atoms with Crippen LogP contribution in [0.4, 0.5) is 5.69 Å². The van der Waals surface area contributed by atoms with Gasteiger partial charge in [-0.2, -0.15) is 0 Å². The van der Waals surface area contributed by atoms with Crippen molar-refractivity contribution in [3.05, 3.63) is 39.9 Å². The van der Waals surface area contributed by atoms with Gasteiger partial charge in [-0.1, -0.05) is 12.1 Å². The smallest absolute Gasteiger partial charge is 0.324 e. The second-order valence-electron chi connectivity index (χ2n) is 3.12. The van der Waals surface area contributed by atoms with Crippen molar-refractivity contribution in [2.24, 2.45) is 0 Å². The minimum atomic E-state index is -0.827. The monoisotopic (exact) mass is 243 g/mol. The van der Waals surface area contributed by atoms with Gasteiger partial charge < -0.3 is 4.74 Å². The predicted molar refractivity (Wildman–Crippen MR) is 58.5 cm³/mol. The van der Waals surface area contributed by atoms with E-state index in [2.05, 4.69) is 4.74 Å². The van der Waals surface area contributed by atoms with Crippen molar-refractivity contribution < 1.29 is 14.5 Å². The van der Waals surface area contributed by atoms with Crippen LogP contribution in [0.5, 0.6) is 0 Å². The van der Waals surface area contributed by atoms with Gasteiger partial charge in [-0.3, -0.25) is 14.9 Å². The zero-order valence-corrected chi connectivity index (χ0v) is 9.31.